The second kappa shape index (κ2) is 19.4. The van der Waals surface area contributed by atoms with Crippen molar-refractivity contribution < 1.29 is 49.0 Å². The zero-order valence-corrected chi connectivity index (χ0v) is 32.5. The van der Waals surface area contributed by atoms with Crippen LogP contribution < -0.4 is 24.8 Å². The molecule has 50 heavy (non-hydrogen) atoms. The van der Waals surface area contributed by atoms with Crippen LogP contribution in [0, 0.1) is 19.9 Å². The molecule has 0 radical (unpaired) electrons. The quantitative estimate of drug-likeness (QED) is 0.178. The van der Waals surface area contributed by atoms with Crippen molar-refractivity contribution in [3.05, 3.63) is 198 Å². The van der Waals surface area contributed by atoms with Gasteiger partial charge in [0.15, 0.2) is 0 Å². The van der Waals surface area contributed by atoms with Gasteiger partial charge in [-0.05, 0) is 36.1 Å². The Bertz CT molecular complexity index is 2040. The van der Waals surface area contributed by atoms with Crippen LogP contribution in [0.4, 0.5) is 0 Å². The van der Waals surface area contributed by atoms with E-state index in [4.69, 9.17) is 0 Å². The monoisotopic (exact) mass is 764 g/mol. The fourth-order valence-corrected chi connectivity index (χ4v) is 7.24. The summed E-state index contributed by atoms with van der Waals surface area (Å²) in [7, 11) is 0. The van der Waals surface area contributed by atoms with Crippen molar-refractivity contribution in [3.63, 3.8) is 0 Å². The van der Waals surface area contributed by atoms with Crippen molar-refractivity contribution in [2.45, 2.75) is 33.1 Å². The normalized spacial score (nSPS) is 11.1. The van der Waals surface area contributed by atoms with E-state index < -0.39 is 0 Å². The van der Waals surface area contributed by atoms with Gasteiger partial charge in [0.25, 0.3) is 0 Å². The van der Waals surface area contributed by atoms with Crippen molar-refractivity contribution in [1.29, 1.82) is 0 Å². The molecule has 0 heterocycles. The summed E-state index contributed by atoms with van der Waals surface area (Å²) < 4.78 is 1.60. The summed E-state index contributed by atoms with van der Waals surface area (Å²) in [4.78, 5) is 0. The summed E-state index contributed by atoms with van der Waals surface area (Å²) in [5, 5.41) is 5.29. The molecule has 0 spiro atoms. The number of hydrogen-bond donors (Lipinski definition) is 0. The molecule has 0 fully saturated rings. The molecule has 248 valence electrons. The van der Waals surface area contributed by atoms with Gasteiger partial charge in [0.2, 0.25) is 0 Å². The van der Waals surface area contributed by atoms with Crippen molar-refractivity contribution in [1.82, 2.24) is 0 Å². The van der Waals surface area contributed by atoms with Crippen molar-refractivity contribution >= 4 is 24.8 Å². The van der Waals surface area contributed by atoms with E-state index >= 15 is 0 Å². The van der Waals surface area contributed by atoms with Gasteiger partial charge in [0.05, 0.1) is 0 Å². The molecular weight excluding hydrogens is 727 g/mol. The molecule has 0 aromatic heterocycles. The number of fused-ring (bicyclic) bond motifs is 3. The molecule has 3 heteroatoms. The first-order chi connectivity index (χ1) is 23.5. The van der Waals surface area contributed by atoms with E-state index in [0.29, 0.717) is 0 Å². The predicted octanol–water partition coefficient (Wildman–Crippen LogP) is 6.17. The van der Waals surface area contributed by atoms with Crippen LogP contribution in [0.15, 0.2) is 170 Å². The molecule has 0 N–H and O–H groups in total. The minimum absolute atomic E-state index is 0. The topological polar surface area (TPSA) is 0 Å². The molecule has 0 aliphatic heterocycles. The van der Waals surface area contributed by atoms with Gasteiger partial charge < -0.3 is 24.8 Å². The van der Waals surface area contributed by atoms with Gasteiger partial charge in [-0.15, -0.1) is 46.2 Å². The summed E-state index contributed by atoms with van der Waals surface area (Å²) in [5.41, 5.74) is 10.7. The van der Waals surface area contributed by atoms with Gasteiger partial charge in [-0.3, -0.25) is 6.08 Å². The average molecular weight is 767 g/mol. The van der Waals surface area contributed by atoms with E-state index in [1.54, 1.807) is 27.4 Å². The van der Waals surface area contributed by atoms with Crippen LogP contribution in [0.3, 0.4) is 0 Å². The Kier molecular flexibility index (Phi) is 15.1. The maximum atomic E-state index is 2.99. The molecule has 0 atom stereocenters. The minimum atomic E-state index is 0. The van der Waals surface area contributed by atoms with E-state index in [2.05, 4.69) is 178 Å². The number of allylic oxidation sites excluding steroid dienone is 4. The van der Waals surface area contributed by atoms with E-state index in [0.717, 1.165) is 19.3 Å². The molecule has 0 saturated heterocycles. The zero-order valence-electron chi connectivity index (χ0n) is 28.5. The van der Waals surface area contributed by atoms with Crippen molar-refractivity contribution in [3.8, 4) is 22.3 Å². The molecule has 7 aromatic rings. The Morgan fingerprint density at radius 1 is 0.580 bits per heavy atom. The van der Waals surface area contributed by atoms with E-state index in [1.807, 2.05) is 12.2 Å². The second-order valence-corrected chi connectivity index (χ2v) is 14.0. The van der Waals surface area contributed by atoms with Crippen molar-refractivity contribution in [2.75, 3.05) is 0 Å². The van der Waals surface area contributed by atoms with Gasteiger partial charge in [0, 0.05) is 0 Å². The SMILES string of the molecule is Cc1ccccc1-c1ccc2c(c1)[cH-]c1cc(-c3ccccc3C)ccc12.[C-]1=CC=CC1.[Cl-].[Cl-].[Zr+2]=[C](Cc1ccccc1)Cc1ccccc1. The van der Waals surface area contributed by atoms with E-state index in [-0.39, 0.29) is 24.8 Å². The van der Waals surface area contributed by atoms with Crippen molar-refractivity contribution in [2.24, 2.45) is 0 Å². The third kappa shape index (κ3) is 10.3. The Morgan fingerprint density at radius 3 is 1.40 bits per heavy atom. The third-order valence-corrected chi connectivity index (χ3v) is 9.59. The maximum absolute atomic E-state index is 2.99. The Labute approximate surface area is 325 Å². The Balaban J connectivity index is 0.000000208. The summed E-state index contributed by atoms with van der Waals surface area (Å²) in [6.45, 7) is 4.35. The zero-order chi connectivity index (χ0) is 33.1. The first kappa shape index (κ1) is 38.8. The summed E-state index contributed by atoms with van der Waals surface area (Å²) in [6, 6.07) is 54.6. The van der Waals surface area contributed by atoms with Crippen LogP contribution in [0.2, 0.25) is 0 Å². The molecule has 8 rings (SSSR count). The van der Waals surface area contributed by atoms with Crippen LogP contribution in [0.25, 0.3) is 43.8 Å². The molecule has 1 aliphatic carbocycles. The molecule has 1 aliphatic rings. The average Bonchev–Trinajstić information content (AvgIpc) is 3.82. The van der Waals surface area contributed by atoms with Gasteiger partial charge in [-0.2, -0.15) is 6.08 Å². The number of halogens is 2. The van der Waals surface area contributed by atoms with Crippen LogP contribution in [0.1, 0.15) is 28.7 Å². The van der Waals surface area contributed by atoms with E-state index in [1.165, 1.54) is 66.1 Å². The summed E-state index contributed by atoms with van der Waals surface area (Å²) >= 11 is 1.55. The van der Waals surface area contributed by atoms with Gasteiger partial charge in [-0.1, -0.05) is 83.9 Å². The number of rotatable bonds is 6. The molecule has 0 amide bonds. The van der Waals surface area contributed by atoms with Gasteiger partial charge >= 0.3 is 112 Å². The molecule has 0 bridgehead atoms. The van der Waals surface area contributed by atoms with Crippen LogP contribution in [-0.2, 0) is 37.1 Å². The van der Waals surface area contributed by atoms with Crippen LogP contribution >= 0.6 is 0 Å². The second-order valence-electron chi connectivity index (χ2n) is 12.3. The van der Waals surface area contributed by atoms with Gasteiger partial charge in [0.1, 0.15) is 0 Å². The van der Waals surface area contributed by atoms with Crippen LogP contribution in [-0.4, -0.2) is 3.21 Å². The fraction of sp³-hybridized carbons (Fsp3) is 0.106. The number of aryl methyl sites for hydroxylation is 2. The number of benzene rings is 6. The molecule has 0 saturated carbocycles. The first-order valence-corrected chi connectivity index (χ1v) is 17.9. The molecule has 7 aromatic carbocycles. The first-order valence-electron chi connectivity index (χ1n) is 16.7. The predicted molar refractivity (Wildman–Crippen MR) is 204 cm³/mol. The van der Waals surface area contributed by atoms with Gasteiger partial charge in [-0.25, -0.2) is 12.2 Å². The molecular formula is C47H40Cl2Zr-2. The van der Waals surface area contributed by atoms with Crippen LogP contribution in [0.5, 0.6) is 0 Å². The van der Waals surface area contributed by atoms with E-state index in [9.17, 15) is 0 Å². The Hall–Kier alpha value is -4.00. The summed E-state index contributed by atoms with van der Waals surface area (Å²) in [5.74, 6) is 0. The molecule has 0 unspecified atom stereocenters. The number of hydrogen-bond acceptors (Lipinski definition) is 0. The summed E-state index contributed by atoms with van der Waals surface area (Å²) in [6.07, 6.45) is 12.2. The standard InChI is InChI=1S/C27H21.C15H14.C5H5.2ClH.Zr/c1-18-7-3-5-9-24(18)20-11-13-26-22(15-20)17-23-16-21(12-14-27(23)26)25-10-6-4-8-19(25)2;1-3-8-14(9-4-1)12-7-13-15-10-5-2-6-11-15;1-2-4-5-3-1;;;/h3-17H,1-2H3;1-6,8-11H,12-13H2;1-3H,4H2;2*1H;/q-1;;-1;;;+2/p-2. The Morgan fingerprint density at radius 2 is 1.02 bits per heavy atom. The fourth-order valence-electron chi connectivity index (χ4n) is 6.24. The molecule has 0 nitrogen and oxygen atoms in total. The third-order valence-electron chi connectivity index (χ3n) is 8.72.